The van der Waals surface area contributed by atoms with Gasteiger partial charge < -0.3 is 14.6 Å². The molecule has 0 aliphatic carbocycles. The van der Waals surface area contributed by atoms with E-state index in [2.05, 4.69) is 0 Å². The topological polar surface area (TPSA) is 38.7 Å². The number of aliphatic hydroxyl groups excluding tert-OH is 1. The Morgan fingerprint density at radius 3 is 2.47 bits per heavy atom. The lowest BCUT2D eigenvalue weighted by Gasteiger charge is -2.16. The Hall–Kier alpha value is -1.23. The van der Waals surface area contributed by atoms with Gasteiger partial charge in [-0.25, -0.2) is 0 Å². The molecule has 5 heteroatoms. The van der Waals surface area contributed by atoms with Crippen LogP contribution in [0.2, 0.25) is 5.02 Å². The Kier molecular flexibility index (Phi) is 4.34. The summed E-state index contributed by atoms with van der Waals surface area (Å²) in [6.45, 7) is 1.96. The summed E-state index contributed by atoms with van der Waals surface area (Å²) < 4.78 is 10.4. The third-order valence-corrected chi connectivity index (χ3v) is 4.42. The highest BCUT2D eigenvalue weighted by Crippen LogP contribution is 2.42. The van der Waals surface area contributed by atoms with Gasteiger partial charge in [-0.1, -0.05) is 17.7 Å². The van der Waals surface area contributed by atoms with Crippen LogP contribution >= 0.6 is 22.9 Å². The molecule has 0 fully saturated rings. The Labute approximate surface area is 121 Å². The maximum atomic E-state index is 10.5. The Bertz CT molecular complexity index is 580. The molecule has 0 saturated heterocycles. The van der Waals surface area contributed by atoms with E-state index < -0.39 is 6.10 Å². The van der Waals surface area contributed by atoms with Gasteiger partial charge >= 0.3 is 0 Å². The van der Waals surface area contributed by atoms with E-state index in [1.807, 2.05) is 18.4 Å². The first-order valence-electron chi connectivity index (χ1n) is 5.72. The molecule has 0 bridgehead atoms. The van der Waals surface area contributed by atoms with Gasteiger partial charge in [-0.15, -0.1) is 11.3 Å². The van der Waals surface area contributed by atoms with E-state index >= 15 is 0 Å². The van der Waals surface area contributed by atoms with Gasteiger partial charge in [0.2, 0.25) is 0 Å². The van der Waals surface area contributed by atoms with E-state index in [1.54, 1.807) is 19.2 Å². The number of methoxy groups -OCH3 is 2. The van der Waals surface area contributed by atoms with E-state index in [0.29, 0.717) is 22.1 Å². The number of rotatable bonds is 4. The zero-order valence-corrected chi connectivity index (χ0v) is 12.5. The van der Waals surface area contributed by atoms with E-state index in [9.17, 15) is 5.11 Å². The minimum atomic E-state index is -0.757. The normalized spacial score (nSPS) is 12.3. The first-order chi connectivity index (χ1) is 9.10. The summed E-state index contributed by atoms with van der Waals surface area (Å²) in [6, 6.07) is 5.47. The lowest BCUT2D eigenvalue weighted by molar-refractivity contribution is 0.222. The number of ether oxygens (including phenoxy) is 2. The van der Waals surface area contributed by atoms with Crippen LogP contribution in [-0.4, -0.2) is 19.3 Å². The van der Waals surface area contributed by atoms with Gasteiger partial charge in [-0.3, -0.25) is 0 Å². The summed E-state index contributed by atoms with van der Waals surface area (Å²) in [6.07, 6.45) is -0.757. The van der Waals surface area contributed by atoms with Crippen LogP contribution in [-0.2, 0) is 0 Å². The number of benzene rings is 1. The largest absolute Gasteiger partial charge is 0.493 e. The number of aryl methyl sites for hydroxylation is 1. The molecule has 2 rings (SSSR count). The van der Waals surface area contributed by atoms with Crippen molar-refractivity contribution < 1.29 is 14.6 Å². The van der Waals surface area contributed by atoms with Gasteiger partial charge in [0.15, 0.2) is 11.5 Å². The quantitative estimate of drug-likeness (QED) is 0.933. The first-order valence-corrected chi connectivity index (χ1v) is 6.98. The van der Waals surface area contributed by atoms with Gasteiger partial charge in [0.05, 0.1) is 19.2 Å². The van der Waals surface area contributed by atoms with Crippen molar-refractivity contribution in [1.82, 2.24) is 0 Å². The molecule has 0 aliphatic rings. The molecule has 102 valence electrons. The standard InChI is InChI=1S/C14H15ClO3S/c1-8-6-7-19-14(8)12(16)9-4-5-10(17-2)13(18-3)11(9)15/h4-7,12,16H,1-3H3. The molecule has 0 aliphatic heterocycles. The number of halogens is 1. The molecule has 0 saturated carbocycles. The van der Waals surface area contributed by atoms with E-state index in [1.165, 1.54) is 18.4 Å². The number of hydrogen-bond acceptors (Lipinski definition) is 4. The number of thiophene rings is 1. The van der Waals surface area contributed by atoms with Crippen molar-refractivity contribution in [3.63, 3.8) is 0 Å². The van der Waals surface area contributed by atoms with E-state index in [4.69, 9.17) is 21.1 Å². The lowest BCUT2D eigenvalue weighted by Crippen LogP contribution is -2.02. The fourth-order valence-electron chi connectivity index (χ4n) is 1.92. The molecule has 0 spiro atoms. The fourth-order valence-corrected chi connectivity index (χ4v) is 3.19. The van der Waals surface area contributed by atoms with E-state index in [-0.39, 0.29) is 0 Å². The smallest absolute Gasteiger partial charge is 0.179 e. The highest BCUT2D eigenvalue weighted by Gasteiger charge is 2.21. The molecule has 1 heterocycles. The molecule has 19 heavy (non-hydrogen) atoms. The predicted molar refractivity (Wildman–Crippen MR) is 77.7 cm³/mol. The van der Waals surface area contributed by atoms with Gasteiger partial charge in [0, 0.05) is 10.4 Å². The summed E-state index contributed by atoms with van der Waals surface area (Å²) in [5.74, 6) is 0.987. The first kappa shape index (κ1) is 14.2. The van der Waals surface area contributed by atoms with Crippen molar-refractivity contribution in [3.8, 4) is 11.5 Å². The minimum Gasteiger partial charge on any atom is -0.493 e. The van der Waals surface area contributed by atoms with Crippen molar-refractivity contribution in [1.29, 1.82) is 0 Å². The van der Waals surface area contributed by atoms with E-state index in [0.717, 1.165) is 10.4 Å². The number of aliphatic hydroxyl groups is 1. The lowest BCUT2D eigenvalue weighted by atomic mass is 10.0. The molecule has 0 amide bonds. The molecule has 1 aromatic carbocycles. The second kappa shape index (κ2) is 5.82. The van der Waals surface area contributed by atoms with Gasteiger partial charge in [0.25, 0.3) is 0 Å². The third-order valence-electron chi connectivity index (χ3n) is 2.96. The van der Waals surface area contributed by atoms with Crippen LogP contribution in [0.25, 0.3) is 0 Å². The number of hydrogen-bond donors (Lipinski definition) is 1. The summed E-state index contributed by atoms with van der Waals surface area (Å²) in [4.78, 5) is 0.883. The van der Waals surface area contributed by atoms with Crippen LogP contribution in [0.3, 0.4) is 0 Å². The molecule has 1 atom stereocenters. The highest BCUT2D eigenvalue weighted by atomic mass is 35.5. The Morgan fingerprint density at radius 2 is 1.95 bits per heavy atom. The maximum absolute atomic E-state index is 10.5. The molecule has 1 unspecified atom stereocenters. The SMILES string of the molecule is COc1ccc(C(O)c2sccc2C)c(Cl)c1OC. The summed E-state index contributed by atoms with van der Waals surface area (Å²) in [5, 5.41) is 12.8. The molecular formula is C14H15ClO3S. The Morgan fingerprint density at radius 1 is 1.21 bits per heavy atom. The third kappa shape index (κ3) is 2.56. The van der Waals surface area contributed by atoms with Crippen LogP contribution in [0.4, 0.5) is 0 Å². The summed E-state index contributed by atoms with van der Waals surface area (Å²) in [5.41, 5.74) is 1.66. The monoisotopic (exact) mass is 298 g/mol. The molecule has 3 nitrogen and oxygen atoms in total. The summed E-state index contributed by atoms with van der Waals surface area (Å²) >= 11 is 7.80. The van der Waals surface area contributed by atoms with Crippen molar-refractivity contribution in [2.24, 2.45) is 0 Å². The highest BCUT2D eigenvalue weighted by molar-refractivity contribution is 7.10. The van der Waals surface area contributed by atoms with Crippen LogP contribution in [0.15, 0.2) is 23.6 Å². The van der Waals surface area contributed by atoms with Gasteiger partial charge in [-0.05, 0) is 30.0 Å². The molecule has 1 aromatic heterocycles. The van der Waals surface area contributed by atoms with Crippen LogP contribution < -0.4 is 9.47 Å². The molecule has 0 radical (unpaired) electrons. The molecule has 2 aromatic rings. The fraction of sp³-hybridized carbons (Fsp3) is 0.286. The van der Waals surface area contributed by atoms with Gasteiger partial charge in [-0.2, -0.15) is 0 Å². The molecule has 1 N–H and O–H groups in total. The van der Waals surface area contributed by atoms with Crippen molar-refractivity contribution in [3.05, 3.63) is 44.6 Å². The molecular weight excluding hydrogens is 284 g/mol. The van der Waals surface area contributed by atoms with Gasteiger partial charge in [0.1, 0.15) is 6.10 Å². The summed E-state index contributed by atoms with van der Waals surface area (Å²) in [7, 11) is 3.07. The average Bonchev–Trinajstić information content (AvgIpc) is 2.83. The maximum Gasteiger partial charge on any atom is 0.179 e. The predicted octanol–water partition coefficient (Wildman–Crippen LogP) is 3.81. The average molecular weight is 299 g/mol. The minimum absolute atomic E-state index is 0.377. The van der Waals surface area contributed by atoms with Crippen LogP contribution in [0.5, 0.6) is 11.5 Å². The Balaban J connectivity index is 2.49. The van der Waals surface area contributed by atoms with Crippen molar-refractivity contribution in [2.75, 3.05) is 14.2 Å². The second-order valence-electron chi connectivity index (χ2n) is 4.07. The zero-order valence-electron chi connectivity index (χ0n) is 10.9. The van der Waals surface area contributed by atoms with Crippen molar-refractivity contribution >= 4 is 22.9 Å². The second-order valence-corrected chi connectivity index (χ2v) is 5.40. The van der Waals surface area contributed by atoms with Crippen LogP contribution in [0.1, 0.15) is 22.1 Å². The van der Waals surface area contributed by atoms with Crippen molar-refractivity contribution in [2.45, 2.75) is 13.0 Å². The van der Waals surface area contributed by atoms with Crippen LogP contribution in [0, 0.1) is 6.92 Å². The zero-order chi connectivity index (χ0) is 14.0.